The van der Waals surface area contributed by atoms with Gasteiger partial charge in [0.2, 0.25) is 0 Å². The second-order valence-electron chi connectivity index (χ2n) is 5.86. The predicted octanol–water partition coefficient (Wildman–Crippen LogP) is 3.40. The number of ketones is 1. The number of hydrogen-bond donors (Lipinski definition) is 0. The Morgan fingerprint density at radius 3 is 2.88 bits per heavy atom. The number of nitrogens with zero attached hydrogens (tertiary/aromatic N) is 1. The van der Waals surface area contributed by atoms with Crippen LogP contribution in [-0.4, -0.2) is 29.8 Å². The summed E-state index contributed by atoms with van der Waals surface area (Å²) in [6, 6.07) is 0.584. The van der Waals surface area contributed by atoms with Crippen LogP contribution in [0.1, 0.15) is 64.7 Å². The number of hydrogen-bond acceptors (Lipinski definition) is 2. The van der Waals surface area contributed by atoms with Crippen LogP contribution >= 0.6 is 0 Å². The molecular weight excluding hydrogens is 210 g/mol. The molecule has 0 saturated carbocycles. The summed E-state index contributed by atoms with van der Waals surface area (Å²) in [5.74, 6) is 0.944. The first-order valence-electron chi connectivity index (χ1n) is 7.58. The minimum absolute atomic E-state index is 0.389. The number of carbonyl (C=O) groups excluding carboxylic acids is 1. The topological polar surface area (TPSA) is 20.3 Å². The van der Waals surface area contributed by atoms with Crippen molar-refractivity contribution in [3.05, 3.63) is 0 Å². The van der Waals surface area contributed by atoms with Gasteiger partial charge in [-0.1, -0.05) is 39.0 Å². The van der Waals surface area contributed by atoms with Crippen molar-refractivity contribution in [1.82, 2.24) is 4.90 Å². The lowest BCUT2D eigenvalue weighted by atomic mass is 9.83. The Morgan fingerprint density at radius 2 is 2.06 bits per heavy atom. The summed E-state index contributed by atoms with van der Waals surface area (Å²) in [7, 11) is 0. The van der Waals surface area contributed by atoms with E-state index in [-0.39, 0.29) is 0 Å². The van der Waals surface area contributed by atoms with Crippen molar-refractivity contribution >= 4 is 5.78 Å². The summed E-state index contributed by atoms with van der Waals surface area (Å²) in [6.07, 6.45) is 11.2. The Bertz CT molecular complexity index is 251. The molecule has 0 aromatic carbocycles. The van der Waals surface area contributed by atoms with E-state index >= 15 is 0 Å². The van der Waals surface area contributed by atoms with Crippen molar-refractivity contribution in [3.63, 3.8) is 0 Å². The largest absolute Gasteiger partial charge is 0.299 e. The molecule has 2 rings (SSSR count). The van der Waals surface area contributed by atoms with Gasteiger partial charge >= 0.3 is 0 Å². The van der Waals surface area contributed by atoms with Crippen LogP contribution in [0.2, 0.25) is 0 Å². The van der Waals surface area contributed by atoms with Crippen LogP contribution in [0.15, 0.2) is 0 Å². The van der Waals surface area contributed by atoms with Crippen LogP contribution in [0.3, 0.4) is 0 Å². The summed E-state index contributed by atoms with van der Waals surface area (Å²) in [5, 5.41) is 0. The zero-order valence-electron chi connectivity index (χ0n) is 11.3. The molecule has 0 aromatic heterocycles. The van der Waals surface area contributed by atoms with Crippen LogP contribution in [0, 0.1) is 5.92 Å². The van der Waals surface area contributed by atoms with Crippen LogP contribution in [-0.2, 0) is 4.79 Å². The number of fused-ring (bicyclic) bond motifs is 2. The highest BCUT2D eigenvalue weighted by molar-refractivity contribution is 5.82. The van der Waals surface area contributed by atoms with E-state index in [1.807, 2.05) is 0 Å². The van der Waals surface area contributed by atoms with Gasteiger partial charge in [0, 0.05) is 24.9 Å². The molecule has 17 heavy (non-hydrogen) atoms. The van der Waals surface area contributed by atoms with Crippen molar-refractivity contribution in [2.75, 3.05) is 13.1 Å². The van der Waals surface area contributed by atoms with Crippen molar-refractivity contribution in [1.29, 1.82) is 0 Å². The van der Waals surface area contributed by atoms with Gasteiger partial charge in [0.25, 0.3) is 0 Å². The minimum Gasteiger partial charge on any atom is -0.299 e. The maximum Gasteiger partial charge on any atom is 0.138 e. The quantitative estimate of drug-likeness (QED) is 0.660. The molecule has 2 heteroatoms. The number of carbonyl (C=O) groups is 1. The lowest BCUT2D eigenvalue weighted by Crippen LogP contribution is -2.50. The highest BCUT2D eigenvalue weighted by Gasteiger charge is 2.35. The lowest BCUT2D eigenvalue weighted by Gasteiger charge is -2.42. The molecule has 2 heterocycles. The minimum atomic E-state index is 0.389. The Kier molecular flexibility index (Phi) is 5.02. The molecular formula is C15H27NO. The van der Waals surface area contributed by atoms with E-state index in [1.54, 1.807) is 0 Å². The van der Waals surface area contributed by atoms with E-state index in [4.69, 9.17) is 0 Å². The monoisotopic (exact) mass is 237 g/mol. The number of unbranched alkanes of at least 4 members (excludes halogenated alkanes) is 4. The fourth-order valence-electron chi connectivity index (χ4n) is 3.40. The van der Waals surface area contributed by atoms with Gasteiger partial charge in [-0.2, -0.15) is 0 Å². The first-order valence-corrected chi connectivity index (χ1v) is 7.58. The zero-order valence-corrected chi connectivity index (χ0v) is 11.3. The van der Waals surface area contributed by atoms with Gasteiger partial charge in [-0.25, -0.2) is 0 Å². The molecule has 0 aromatic rings. The number of Topliss-reactive ketones (excluding diaryl/α,β-unsaturated/α-hetero) is 1. The van der Waals surface area contributed by atoms with Crippen LogP contribution < -0.4 is 0 Å². The summed E-state index contributed by atoms with van der Waals surface area (Å²) >= 11 is 0. The maximum absolute atomic E-state index is 11.9. The molecule has 2 aliphatic heterocycles. The fraction of sp³-hybridized carbons (Fsp3) is 0.933. The maximum atomic E-state index is 11.9. The second kappa shape index (κ2) is 6.53. The van der Waals surface area contributed by atoms with Gasteiger partial charge in [0.15, 0.2) is 0 Å². The third-order valence-corrected chi connectivity index (χ3v) is 4.50. The molecule has 0 spiro atoms. The van der Waals surface area contributed by atoms with E-state index in [2.05, 4.69) is 11.8 Å². The Morgan fingerprint density at radius 1 is 1.24 bits per heavy atom. The molecule has 2 fully saturated rings. The van der Waals surface area contributed by atoms with Gasteiger partial charge in [-0.15, -0.1) is 0 Å². The lowest BCUT2D eigenvalue weighted by molar-refractivity contribution is -0.130. The van der Waals surface area contributed by atoms with Crippen molar-refractivity contribution in [2.24, 2.45) is 5.92 Å². The highest BCUT2D eigenvalue weighted by Crippen LogP contribution is 2.29. The standard InChI is InChI=1S/C15H27NO/c1-2-3-4-5-6-9-14-11-15(17)13-8-7-10-16(14)12-13/h13-14H,2-12H2,1H3. The van der Waals surface area contributed by atoms with Crippen molar-refractivity contribution < 1.29 is 4.79 Å². The van der Waals surface area contributed by atoms with Gasteiger partial charge in [-0.05, 0) is 25.8 Å². The molecule has 2 nitrogen and oxygen atoms in total. The smallest absolute Gasteiger partial charge is 0.138 e. The zero-order chi connectivity index (χ0) is 12.1. The normalized spacial score (nSPS) is 32.8. The summed E-state index contributed by atoms with van der Waals surface area (Å²) in [6.45, 7) is 4.57. The molecule has 0 radical (unpaired) electrons. The van der Waals surface area contributed by atoms with Gasteiger partial charge in [0.05, 0.1) is 0 Å². The third-order valence-electron chi connectivity index (χ3n) is 4.50. The summed E-state index contributed by atoms with van der Waals surface area (Å²) < 4.78 is 0. The molecule has 0 amide bonds. The SMILES string of the molecule is CCCCCCCC1CC(=O)C2CCCN1C2. The van der Waals surface area contributed by atoms with Crippen LogP contribution in [0.5, 0.6) is 0 Å². The molecule has 2 saturated heterocycles. The average Bonchev–Trinajstić information content (AvgIpc) is 2.36. The van der Waals surface area contributed by atoms with E-state index in [0.29, 0.717) is 17.7 Å². The van der Waals surface area contributed by atoms with Gasteiger partial charge < -0.3 is 0 Å². The van der Waals surface area contributed by atoms with E-state index in [0.717, 1.165) is 19.4 Å². The fourth-order valence-corrected chi connectivity index (χ4v) is 3.40. The molecule has 2 bridgehead atoms. The highest BCUT2D eigenvalue weighted by atomic mass is 16.1. The van der Waals surface area contributed by atoms with E-state index in [1.165, 1.54) is 51.5 Å². The molecule has 0 aliphatic carbocycles. The predicted molar refractivity (Wildman–Crippen MR) is 71.1 cm³/mol. The first kappa shape index (κ1) is 13.1. The Balaban J connectivity index is 1.70. The van der Waals surface area contributed by atoms with E-state index in [9.17, 15) is 4.79 Å². The van der Waals surface area contributed by atoms with Crippen LogP contribution in [0.4, 0.5) is 0 Å². The Labute approximate surface area is 106 Å². The molecule has 2 aliphatic rings. The van der Waals surface area contributed by atoms with Gasteiger partial charge in [0.1, 0.15) is 5.78 Å². The van der Waals surface area contributed by atoms with Gasteiger partial charge in [-0.3, -0.25) is 9.69 Å². The summed E-state index contributed by atoms with van der Waals surface area (Å²) in [4.78, 5) is 14.5. The first-order chi connectivity index (χ1) is 8.31. The third kappa shape index (κ3) is 3.54. The van der Waals surface area contributed by atoms with Crippen LogP contribution in [0.25, 0.3) is 0 Å². The van der Waals surface area contributed by atoms with E-state index < -0.39 is 0 Å². The van der Waals surface area contributed by atoms with Crippen molar-refractivity contribution in [2.45, 2.75) is 70.8 Å². The summed E-state index contributed by atoms with van der Waals surface area (Å²) in [5.41, 5.74) is 0. The molecule has 98 valence electrons. The second-order valence-corrected chi connectivity index (χ2v) is 5.86. The molecule has 0 N–H and O–H groups in total. The molecule has 3 unspecified atom stereocenters. The average molecular weight is 237 g/mol. The molecule has 3 atom stereocenters. The Hall–Kier alpha value is -0.370. The number of rotatable bonds is 6. The van der Waals surface area contributed by atoms with Crippen molar-refractivity contribution in [3.8, 4) is 0 Å². The number of piperidine rings is 2.